The number of nitrogens with two attached hydrogens (primary N) is 3. The molecule has 32 heteroatoms. The minimum atomic E-state index is -1.19. The highest BCUT2D eigenvalue weighted by Crippen LogP contribution is 2.37. The summed E-state index contributed by atoms with van der Waals surface area (Å²) in [6.45, 7) is 14.8. The molecule has 0 saturated carbocycles. The smallest absolute Gasteiger partial charge is 0.326 e. The second-order valence-electron chi connectivity index (χ2n) is 22.1. The van der Waals surface area contributed by atoms with Crippen molar-refractivity contribution in [2.75, 3.05) is 6.54 Å². The largest absolute Gasteiger partial charge is 0.480 e. The maximum atomic E-state index is 14.4. The second kappa shape index (κ2) is 27.6. The van der Waals surface area contributed by atoms with E-state index < -0.39 is 54.0 Å². The molecule has 9 aromatic heterocycles. The summed E-state index contributed by atoms with van der Waals surface area (Å²) in [6, 6.07) is 4.61. The number of carboxylic acids is 1. The number of rotatable bonds is 27. The first-order valence-corrected chi connectivity index (χ1v) is 31.4. The summed E-state index contributed by atoms with van der Waals surface area (Å²) in [5.41, 5.74) is 20.4. The van der Waals surface area contributed by atoms with Crippen LogP contribution in [0.25, 0.3) is 80.2 Å². The van der Waals surface area contributed by atoms with E-state index in [0.29, 0.717) is 71.7 Å². The molecule has 0 bridgehead atoms. The first-order chi connectivity index (χ1) is 44.7. The molecule has 3 amide bonds. The monoisotopic (exact) mass is 1310 g/mol. The predicted octanol–water partition coefficient (Wildman–Crippen LogP) is 8.56. The molecule has 30 nitrogen and oxygen atoms in total. The molecule has 10 N–H and O–H groups in total. The number of carbonyl (C=O) groups is 4. The van der Waals surface area contributed by atoms with Crippen LogP contribution in [0.4, 0.5) is 0 Å². The van der Waals surface area contributed by atoms with E-state index in [4.69, 9.17) is 62.8 Å². The Hall–Kier alpha value is -10.5. The average Bonchev–Trinajstić information content (AvgIpc) is 1.68. The Bertz CT molecular complexity index is 4370. The summed E-state index contributed by atoms with van der Waals surface area (Å²) in [5.74, 6) is -1.54. The Kier molecular flexibility index (Phi) is 19.0. The highest BCUT2D eigenvalue weighted by Gasteiger charge is 2.38. The second-order valence-corrected chi connectivity index (χ2v) is 23.9. The van der Waals surface area contributed by atoms with Crippen LogP contribution in [0.3, 0.4) is 0 Å². The normalized spacial score (nSPS) is 15.8. The van der Waals surface area contributed by atoms with Gasteiger partial charge in [-0.2, -0.15) is 0 Å². The van der Waals surface area contributed by atoms with Gasteiger partial charge in [0.25, 0.3) is 5.91 Å². The third-order valence-corrected chi connectivity index (χ3v) is 17.2. The average molecular weight is 1310 g/mol. The number of guanidine groups is 1. The Morgan fingerprint density at radius 2 is 1.27 bits per heavy atom. The van der Waals surface area contributed by atoms with Gasteiger partial charge in [0.1, 0.15) is 93.7 Å². The summed E-state index contributed by atoms with van der Waals surface area (Å²) in [5, 5.41) is 23.3. The number of hydrogen-bond acceptors (Lipinski definition) is 26. The van der Waals surface area contributed by atoms with Crippen LogP contribution in [-0.4, -0.2) is 116 Å². The van der Waals surface area contributed by atoms with Crippen LogP contribution in [0.15, 0.2) is 107 Å². The van der Waals surface area contributed by atoms with E-state index in [0.717, 1.165) is 10.6 Å². The summed E-state index contributed by atoms with van der Waals surface area (Å²) in [4.78, 5) is 104. The highest BCUT2D eigenvalue weighted by atomic mass is 32.1. The van der Waals surface area contributed by atoms with Gasteiger partial charge in [0.05, 0.1) is 6.04 Å². The molecule has 10 aromatic rings. The molecule has 1 aliphatic heterocycles. The third kappa shape index (κ3) is 14.2. The number of amides is 3. The molecule has 1 aromatic carbocycles. The first-order valence-electron chi connectivity index (χ1n) is 29.6. The molecule has 93 heavy (non-hydrogen) atoms. The van der Waals surface area contributed by atoms with Gasteiger partial charge in [-0.3, -0.25) is 19.4 Å². The molecular formula is C61H65N17O13S2. The summed E-state index contributed by atoms with van der Waals surface area (Å²) >= 11 is 2.73. The van der Waals surface area contributed by atoms with Crippen LogP contribution in [0.1, 0.15) is 122 Å². The van der Waals surface area contributed by atoms with Crippen molar-refractivity contribution >= 4 is 58.2 Å². The Labute approximate surface area is 537 Å². The Morgan fingerprint density at radius 1 is 0.667 bits per heavy atom. The third-order valence-electron chi connectivity index (χ3n) is 15.4. The molecule has 0 aliphatic carbocycles. The number of aryl methyl sites for hydroxylation is 3. The number of benzene rings is 1. The molecule has 8 atom stereocenters. The molecule has 0 radical (unpaired) electrons. The van der Waals surface area contributed by atoms with Crippen molar-refractivity contribution in [3.63, 3.8) is 0 Å². The number of aromatic nitrogens is 9. The molecular weight excluding hydrogens is 1240 g/mol. The van der Waals surface area contributed by atoms with Crippen molar-refractivity contribution in [1.82, 2.24) is 60.8 Å². The number of carboxylic acid groups (broad SMARTS) is 1. The lowest BCUT2D eigenvalue weighted by Crippen LogP contribution is -2.51. The number of nitrogens with zero attached hydrogens (tertiary/aromatic N) is 11. The van der Waals surface area contributed by atoms with E-state index in [1.54, 1.807) is 57.3 Å². The van der Waals surface area contributed by atoms with E-state index in [1.807, 2.05) is 39.1 Å². The quantitative estimate of drug-likeness (QED) is 0.0144. The van der Waals surface area contributed by atoms with Crippen LogP contribution < -0.4 is 33.2 Å². The molecule has 10 heterocycles. The van der Waals surface area contributed by atoms with Gasteiger partial charge in [-0.1, -0.05) is 70.9 Å². The number of nitrogens with one attached hydrogen (secondary N) is 3. The molecule has 0 saturated heterocycles. The molecule has 0 unspecified atom stereocenters. The fraction of sp³-hybridized carbons (Fsp3) is 0.361. The molecule has 0 fully saturated rings. The van der Waals surface area contributed by atoms with Crippen molar-refractivity contribution in [3.8, 4) is 80.2 Å². The number of hydrogen-bond donors (Lipinski definition) is 7. The van der Waals surface area contributed by atoms with Crippen molar-refractivity contribution in [2.24, 2.45) is 39.0 Å². The Morgan fingerprint density at radius 3 is 1.94 bits per heavy atom. The lowest BCUT2D eigenvalue weighted by Gasteiger charge is -2.27. The van der Waals surface area contributed by atoms with Gasteiger partial charge in [-0.05, 0) is 57.9 Å². The topological polar surface area (TPSA) is 445 Å². The van der Waals surface area contributed by atoms with Crippen molar-refractivity contribution in [3.05, 3.63) is 111 Å². The van der Waals surface area contributed by atoms with Crippen LogP contribution in [0.5, 0.6) is 0 Å². The van der Waals surface area contributed by atoms with E-state index in [-0.39, 0.29) is 111 Å². The van der Waals surface area contributed by atoms with Gasteiger partial charge in [0.2, 0.25) is 58.9 Å². The summed E-state index contributed by atoms with van der Waals surface area (Å²) < 4.78 is 47.2. The zero-order valence-electron chi connectivity index (χ0n) is 51.5. The molecule has 11 rings (SSSR count). The van der Waals surface area contributed by atoms with E-state index >= 15 is 0 Å². The number of carbonyl (C=O) groups excluding carboxylic acids is 3. The molecule has 484 valence electrons. The standard InChI is InChI=1S/C61H65N17O13S2/c1-9-26(3)41(73-49(81)44-29(6)91-57(76-44)45-30(7)89-54(77-45)40-25-93-59(72-40)46-31(8)90-55(78-46)39-24-92-58(71-39)33(62)17-14-18-65-61(63)64)47(79)74-42(27(4)10-2)56-70-37(22-87-56)52-68-35(20-85-52)50-67-36(21-84-50)51-69-38(23-86-51)53-75-43(28(5)88-53)48(80)66-34(60(82)83)19-32-15-12-11-13-16-32/h11-13,15-16,20-28,33-34,41-43H,9-10,14,17-19,62H2,1-8H3,(H,66,80)(H,73,81)(H,74,79)(H,82,83)(H4,63,64,65)/t26-,27-,28+,33-,34-,41-,42-,43-/m0/s1. The van der Waals surface area contributed by atoms with Crippen LogP contribution in [-0.2, 0) is 25.5 Å². The number of oxazole rings is 7. The summed E-state index contributed by atoms with van der Waals surface area (Å²) in [6.07, 6.45) is 7.06. The minimum Gasteiger partial charge on any atom is -0.480 e. The Balaban J connectivity index is 0.716. The number of thiazole rings is 2. The SMILES string of the molecule is CC[C@H](C)[C@H](NC(=O)c1nc(-c2nc(-c3csc(-c4nc(-c5csc([C@@H](N)CCCN=C(N)N)n5)oc4C)n3)oc2C)oc1C)C(=O)N[C@H](c1nc(-c2nc(-c3nc(-c4nc(C5=N[C@H](C(=O)N[C@@H](Cc6ccccc6)C(=O)O)[C@@H](C)O5)co4)co3)co2)co1)[C@@H](C)CC. The first kappa shape index (κ1) is 64.1. The molecule has 0 spiro atoms. The maximum absolute atomic E-state index is 14.4. The maximum Gasteiger partial charge on any atom is 0.326 e. The fourth-order valence-corrected chi connectivity index (χ4v) is 11.5. The van der Waals surface area contributed by atoms with Gasteiger partial charge in [-0.15, -0.1) is 22.7 Å². The van der Waals surface area contributed by atoms with Gasteiger partial charge >= 0.3 is 5.97 Å². The number of aliphatic imine (C=N–C) groups is 2. The minimum absolute atomic E-state index is 0.0189. The van der Waals surface area contributed by atoms with Gasteiger partial charge in [-0.25, -0.2) is 54.6 Å². The fourth-order valence-electron chi connectivity index (χ4n) is 9.84. The van der Waals surface area contributed by atoms with Gasteiger partial charge < -0.3 is 73.9 Å². The van der Waals surface area contributed by atoms with E-state index in [2.05, 4.69) is 60.8 Å². The van der Waals surface area contributed by atoms with Crippen LogP contribution in [0.2, 0.25) is 0 Å². The van der Waals surface area contributed by atoms with Gasteiger partial charge in [0, 0.05) is 23.7 Å². The van der Waals surface area contributed by atoms with Gasteiger partial charge in [0.15, 0.2) is 46.2 Å². The zero-order chi connectivity index (χ0) is 65.8. The lowest BCUT2D eigenvalue weighted by atomic mass is 9.95. The van der Waals surface area contributed by atoms with E-state index in [9.17, 15) is 24.3 Å². The zero-order valence-corrected chi connectivity index (χ0v) is 53.2. The van der Waals surface area contributed by atoms with E-state index in [1.165, 1.54) is 47.7 Å². The van der Waals surface area contributed by atoms with Crippen molar-refractivity contribution < 1.29 is 59.9 Å². The molecule has 1 aliphatic rings. The van der Waals surface area contributed by atoms with Crippen LogP contribution >= 0.6 is 22.7 Å². The predicted molar refractivity (Wildman–Crippen MR) is 335 cm³/mol. The lowest BCUT2D eigenvalue weighted by molar-refractivity contribution is -0.142. The number of aliphatic carboxylic acids is 1. The highest BCUT2D eigenvalue weighted by molar-refractivity contribution is 7.13. The van der Waals surface area contributed by atoms with Crippen molar-refractivity contribution in [2.45, 2.75) is 124 Å². The van der Waals surface area contributed by atoms with Crippen LogP contribution in [0, 0.1) is 32.6 Å². The van der Waals surface area contributed by atoms with Crippen molar-refractivity contribution in [1.29, 1.82) is 0 Å². The number of ether oxygens (including phenoxy) is 1. The summed E-state index contributed by atoms with van der Waals surface area (Å²) in [7, 11) is 0.